The summed E-state index contributed by atoms with van der Waals surface area (Å²) < 4.78 is 9.42. The van der Waals surface area contributed by atoms with Crippen LogP contribution in [0.25, 0.3) is 22.4 Å². The maximum absolute atomic E-state index is 12.3. The molecular weight excluding hydrogens is 416 g/mol. The van der Waals surface area contributed by atoms with Gasteiger partial charge in [-0.05, 0) is 39.0 Å². The van der Waals surface area contributed by atoms with E-state index in [1.807, 2.05) is 49.8 Å². The van der Waals surface area contributed by atoms with Gasteiger partial charge < -0.3 is 18.8 Å². The fourth-order valence-electron chi connectivity index (χ4n) is 4.56. The number of morpholine rings is 1. The Bertz CT molecular complexity index is 1330. The Hall–Kier alpha value is -3.52. The minimum atomic E-state index is -0.0684. The summed E-state index contributed by atoms with van der Waals surface area (Å²) >= 11 is 0. The van der Waals surface area contributed by atoms with Crippen molar-refractivity contribution in [1.82, 2.24) is 24.1 Å². The zero-order valence-electron chi connectivity index (χ0n) is 19.4. The number of hydrogen-bond donors (Lipinski definition) is 0. The number of rotatable bonds is 4. The highest BCUT2D eigenvalue weighted by Gasteiger charge is 2.24. The summed E-state index contributed by atoms with van der Waals surface area (Å²) in [6, 6.07) is 10.1. The average Bonchev–Trinajstić information content (AvgIpc) is 3.21. The number of aromatic nitrogens is 5. The van der Waals surface area contributed by atoms with E-state index in [2.05, 4.69) is 34.4 Å². The molecule has 0 aromatic carbocycles. The van der Waals surface area contributed by atoms with E-state index in [1.54, 1.807) is 11.6 Å². The van der Waals surface area contributed by atoms with Crippen LogP contribution in [0.15, 0.2) is 53.7 Å². The van der Waals surface area contributed by atoms with Crippen LogP contribution in [-0.2, 0) is 11.8 Å². The predicted molar refractivity (Wildman–Crippen MR) is 129 cm³/mol. The lowest BCUT2D eigenvalue weighted by Gasteiger charge is -2.34. The van der Waals surface area contributed by atoms with E-state index in [4.69, 9.17) is 14.7 Å². The molecular formula is C25H28N6O2. The predicted octanol–water partition coefficient (Wildman–Crippen LogP) is 3.33. The first-order valence-electron chi connectivity index (χ1n) is 11.2. The summed E-state index contributed by atoms with van der Waals surface area (Å²) in [6.45, 7) is 8.29. The zero-order valence-corrected chi connectivity index (χ0v) is 19.4. The van der Waals surface area contributed by atoms with Crippen molar-refractivity contribution in [2.75, 3.05) is 24.7 Å². The first-order chi connectivity index (χ1) is 15.9. The van der Waals surface area contributed by atoms with Gasteiger partial charge in [0.15, 0.2) is 0 Å². The van der Waals surface area contributed by atoms with Gasteiger partial charge in [-0.3, -0.25) is 9.78 Å². The zero-order chi connectivity index (χ0) is 23.1. The average molecular weight is 445 g/mol. The molecule has 0 bridgehead atoms. The van der Waals surface area contributed by atoms with Crippen LogP contribution in [0.1, 0.15) is 31.1 Å². The summed E-state index contributed by atoms with van der Waals surface area (Å²) in [7, 11) is 1.77. The van der Waals surface area contributed by atoms with Crippen LogP contribution >= 0.6 is 0 Å². The summed E-state index contributed by atoms with van der Waals surface area (Å²) in [5, 5.41) is 0. The molecule has 8 heteroatoms. The summed E-state index contributed by atoms with van der Waals surface area (Å²) in [5.41, 5.74) is 4.29. The van der Waals surface area contributed by atoms with Gasteiger partial charge in [0.25, 0.3) is 5.56 Å². The Balaban J connectivity index is 1.73. The van der Waals surface area contributed by atoms with Crippen molar-refractivity contribution in [3.8, 4) is 11.4 Å². The summed E-state index contributed by atoms with van der Waals surface area (Å²) in [5.74, 6) is 1.70. The number of ether oxygens (including phenoxy) is 1. The lowest BCUT2D eigenvalue weighted by atomic mass is 10.1. The molecule has 2 atom stereocenters. The quantitative estimate of drug-likeness (QED) is 0.481. The van der Waals surface area contributed by atoms with Crippen LogP contribution < -0.4 is 10.5 Å². The fourth-order valence-corrected chi connectivity index (χ4v) is 4.56. The van der Waals surface area contributed by atoms with E-state index in [0.29, 0.717) is 18.8 Å². The molecule has 1 aliphatic heterocycles. The Morgan fingerprint density at radius 3 is 2.79 bits per heavy atom. The molecule has 1 saturated heterocycles. The molecule has 5 heterocycles. The molecule has 0 radical (unpaired) electrons. The molecule has 5 rings (SSSR count). The largest absolute Gasteiger partial charge is 0.377 e. The van der Waals surface area contributed by atoms with Crippen LogP contribution in [0.2, 0.25) is 0 Å². The number of imidazole rings is 1. The number of hydrogen-bond acceptors (Lipinski definition) is 6. The highest BCUT2D eigenvalue weighted by molar-refractivity contribution is 5.82. The smallest absolute Gasteiger partial charge is 0.253 e. The van der Waals surface area contributed by atoms with Crippen molar-refractivity contribution in [3.63, 3.8) is 0 Å². The molecule has 0 unspecified atom stereocenters. The Morgan fingerprint density at radius 2 is 2.06 bits per heavy atom. The van der Waals surface area contributed by atoms with Crippen LogP contribution in [0, 0.1) is 6.92 Å². The van der Waals surface area contributed by atoms with Gasteiger partial charge in [-0.25, -0.2) is 9.97 Å². The van der Waals surface area contributed by atoms with Gasteiger partial charge in [-0.1, -0.05) is 6.07 Å². The van der Waals surface area contributed by atoms with E-state index in [0.717, 1.165) is 40.5 Å². The van der Waals surface area contributed by atoms with Gasteiger partial charge in [0.1, 0.15) is 17.2 Å². The minimum Gasteiger partial charge on any atom is -0.377 e. The van der Waals surface area contributed by atoms with Crippen LogP contribution in [0.3, 0.4) is 0 Å². The number of aryl methyl sites for hydroxylation is 2. The third-order valence-electron chi connectivity index (χ3n) is 6.35. The second-order valence-electron chi connectivity index (χ2n) is 8.71. The Kier molecular flexibility index (Phi) is 5.46. The number of fused-ring (bicyclic) bond motifs is 1. The second kappa shape index (κ2) is 8.44. The lowest BCUT2D eigenvalue weighted by Crippen LogP contribution is -2.44. The molecule has 0 aliphatic carbocycles. The third kappa shape index (κ3) is 3.80. The molecule has 0 spiro atoms. The topological polar surface area (TPSA) is 78.1 Å². The van der Waals surface area contributed by atoms with Crippen molar-refractivity contribution in [3.05, 3.63) is 70.5 Å². The van der Waals surface area contributed by atoms with Crippen LogP contribution in [-0.4, -0.2) is 49.9 Å². The molecule has 0 saturated carbocycles. The Morgan fingerprint density at radius 1 is 1.21 bits per heavy atom. The monoisotopic (exact) mass is 444 g/mol. The second-order valence-corrected chi connectivity index (χ2v) is 8.71. The molecule has 0 N–H and O–H groups in total. The lowest BCUT2D eigenvalue weighted by molar-refractivity contribution is 0.0985. The highest BCUT2D eigenvalue weighted by Crippen LogP contribution is 2.32. The molecule has 0 amide bonds. The number of nitrogens with zero attached hydrogens (tertiary/aromatic N) is 6. The van der Waals surface area contributed by atoms with Gasteiger partial charge >= 0.3 is 0 Å². The van der Waals surface area contributed by atoms with Gasteiger partial charge in [0, 0.05) is 43.2 Å². The maximum atomic E-state index is 12.3. The highest BCUT2D eigenvalue weighted by atomic mass is 16.5. The maximum Gasteiger partial charge on any atom is 0.253 e. The fraction of sp³-hybridized carbons (Fsp3) is 0.360. The van der Waals surface area contributed by atoms with E-state index in [9.17, 15) is 4.79 Å². The third-order valence-corrected chi connectivity index (χ3v) is 6.35. The number of pyridine rings is 3. The van der Waals surface area contributed by atoms with Crippen LogP contribution in [0.4, 0.5) is 5.82 Å². The molecule has 8 nitrogen and oxygen atoms in total. The summed E-state index contributed by atoms with van der Waals surface area (Å²) in [4.78, 5) is 28.9. The van der Waals surface area contributed by atoms with E-state index in [1.165, 1.54) is 0 Å². The van der Waals surface area contributed by atoms with E-state index >= 15 is 0 Å². The van der Waals surface area contributed by atoms with E-state index < -0.39 is 0 Å². The Labute approximate surface area is 192 Å². The van der Waals surface area contributed by atoms with Crippen LogP contribution in [0.5, 0.6) is 0 Å². The standard InChI is InChI=1S/C25H28N6O2/c1-16-11-19(14-29(4)25(16)32)24-28-21-13-27-23(30-9-10-33-15-17(30)2)12-22(21)31(24)18(3)20-7-5-6-8-26-20/h5-8,11-14,17-18H,9-10,15H2,1-4H3/t17-,18-/m0/s1. The van der Waals surface area contributed by atoms with Crippen molar-refractivity contribution >= 4 is 16.9 Å². The van der Waals surface area contributed by atoms with E-state index in [-0.39, 0.29) is 17.6 Å². The molecule has 1 fully saturated rings. The van der Waals surface area contributed by atoms with Crippen molar-refractivity contribution in [1.29, 1.82) is 0 Å². The molecule has 4 aromatic rings. The van der Waals surface area contributed by atoms with Gasteiger partial charge in [-0.15, -0.1) is 0 Å². The SMILES string of the molecule is Cc1cc(-c2nc3cnc(N4CCOC[C@@H]4C)cc3n2[C@@H](C)c2ccccn2)cn(C)c1=O. The van der Waals surface area contributed by atoms with Gasteiger partial charge in [0.2, 0.25) is 0 Å². The van der Waals surface area contributed by atoms with Crippen molar-refractivity contribution in [2.45, 2.75) is 32.9 Å². The molecule has 4 aromatic heterocycles. The van der Waals surface area contributed by atoms with Crippen molar-refractivity contribution < 1.29 is 4.74 Å². The summed E-state index contributed by atoms with van der Waals surface area (Å²) in [6.07, 6.45) is 5.49. The van der Waals surface area contributed by atoms with Crippen molar-refractivity contribution in [2.24, 2.45) is 7.05 Å². The first-order valence-corrected chi connectivity index (χ1v) is 11.2. The minimum absolute atomic E-state index is 0.00977. The molecule has 170 valence electrons. The first kappa shape index (κ1) is 21.3. The number of anilines is 1. The normalized spacial score (nSPS) is 17.5. The van der Waals surface area contributed by atoms with Gasteiger partial charge in [-0.2, -0.15) is 0 Å². The molecule has 1 aliphatic rings. The molecule has 33 heavy (non-hydrogen) atoms. The van der Waals surface area contributed by atoms with Gasteiger partial charge in [0.05, 0.1) is 42.7 Å².